The number of rotatable bonds is 5. The summed E-state index contributed by atoms with van der Waals surface area (Å²) >= 11 is 0. The molecule has 3 saturated heterocycles. The minimum absolute atomic E-state index is 0.0212. The van der Waals surface area contributed by atoms with Crippen molar-refractivity contribution in [3.8, 4) is 0 Å². The molecule has 3 fully saturated rings. The van der Waals surface area contributed by atoms with Gasteiger partial charge in [0.1, 0.15) is 0 Å². The topological polar surface area (TPSA) is 78.4 Å². The lowest BCUT2D eigenvalue weighted by atomic mass is 9.72. The SMILES string of the molecule is CN1C[C@@H]2C[C@@H](C1)[C@H](CNC(=O)CCc1cnccn1)N1C(=O)CCC[C@@H]21. The van der Waals surface area contributed by atoms with E-state index in [9.17, 15) is 9.59 Å². The van der Waals surface area contributed by atoms with Crippen molar-refractivity contribution in [2.45, 2.75) is 50.6 Å². The number of fused-ring (bicyclic) bond motifs is 4. The number of amides is 2. The van der Waals surface area contributed by atoms with Gasteiger partial charge in [-0.15, -0.1) is 0 Å². The van der Waals surface area contributed by atoms with Gasteiger partial charge in [0.2, 0.25) is 11.8 Å². The van der Waals surface area contributed by atoms with E-state index < -0.39 is 0 Å². The molecule has 4 heterocycles. The number of carbonyl (C=O) groups excluding carboxylic acids is 2. The van der Waals surface area contributed by atoms with Gasteiger partial charge in [-0.05, 0) is 44.6 Å². The van der Waals surface area contributed by atoms with E-state index >= 15 is 0 Å². The molecule has 0 unspecified atom stereocenters. The number of piperidine rings is 3. The second kappa shape index (κ2) is 7.92. The second-order valence-corrected chi connectivity index (χ2v) is 8.31. The van der Waals surface area contributed by atoms with Crippen molar-refractivity contribution in [1.29, 1.82) is 0 Å². The average molecular weight is 371 g/mol. The molecule has 0 aliphatic carbocycles. The zero-order valence-corrected chi connectivity index (χ0v) is 16.0. The maximum absolute atomic E-state index is 12.7. The second-order valence-electron chi connectivity index (χ2n) is 8.31. The van der Waals surface area contributed by atoms with Crippen molar-refractivity contribution >= 4 is 11.8 Å². The molecule has 0 saturated carbocycles. The van der Waals surface area contributed by atoms with Crippen LogP contribution in [0.5, 0.6) is 0 Å². The minimum atomic E-state index is 0.0212. The summed E-state index contributed by atoms with van der Waals surface area (Å²) in [7, 11) is 2.18. The molecule has 4 atom stereocenters. The largest absolute Gasteiger partial charge is 0.354 e. The Morgan fingerprint density at radius 3 is 2.96 bits per heavy atom. The number of likely N-dealkylation sites (tertiary alicyclic amines) is 1. The van der Waals surface area contributed by atoms with Gasteiger partial charge >= 0.3 is 0 Å². The highest BCUT2D eigenvalue weighted by Crippen LogP contribution is 2.41. The van der Waals surface area contributed by atoms with Crippen LogP contribution in [-0.4, -0.2) is 70.3 Å². The van der Waals surface area contributed by atoms with Crippen molar-refractivity contribution in [2.75, 3.05) is 26.7 Å². The van der Waals surface area contributed by atoms with Gasteiger partial charge in [0, 0.05) is 57.1 Å². The molecule has 146 valence electrons. The van der Waals surface area contributed by atoms with Crippen molar-refractivity contribution in [3.05, 3.63) is 24.3 Å². The zero-order valence-electron chi connectivity index (χ0n) is 16.0. The number of nitrogens with one attached hydrogen (secondary N) is 1. The molecular formula is C20H29N5O2. The van der Waals surface area contributed by atoms with Crippen LogP contribution in [0.1, 0.15) is 37.8 Å². The number of aryl methyl sites for hydroxylation is 1. The highest BCUT2D eigenvalue weighted by Gasteiger charge is 2.48. The first kappa shape index (κ1) is 18.3. The number of nitrogens with zero attached hydrogens (tertiary/aromatic N) is 4. The van der Waals surface area contributed by atoms with Gasteiger partial charge in [0.05, 0.1) is 11.7 Å². The third-order valence-corrected chi connectivity index (χ3v) is 6.41. The van der Waals surface area contributed by atoms with Crippen molar-refractivity contribution < 1.29 is 9.59 Å². The lowest BCUT2D eigenvalue weighted by Crippen LogP contribution is -2.66. The third kappa shape index (κ3) is 3.98. The summed E-state index contributed by atoms with van der Waals surface area (Å²) in [6.45, 7) is 2.65. The third-order valence-electron chi connectivity index (χ3n) is 6.41. The van der Waals surface area contributed by atoms with Gasteiger partial charge in [0.15, 0.2) is 0 Å². The van der Waals surface area contributed by atoms with Gasteiger partial charge in [-0.2, -0.15) is 0 Å². The molecule has 3 aliphatic heterocycles. The fourth-order valence-corrected chi connectivity index (χ4v) is 5.28. The van der Waals surface area contributed by atoms with E-state index in [1.807, 2.05) is 0 Å². The summed E-state index contributed by atoms with van der Waals surface area (Å²) in [5, 5.41) is 3.09. The highest BCUT2D eigenvalue weighted by atomic mass is 16.2. The molecule has 7 nitrogen and oxygen atoms in total. The molecule has 0 spiro atoms. The van der Waals surface area contributed by atoms with Crippen molar-refractivity contribution in [1.82, 2.24) is 25.1 Å². The van der Waals surface area contributed by atoms with Crippen molar-refractivity contribution in [3.63, 3.8) is 0 Å². The molecule has 1 aromatic heterocycles. The maximum atomic E-state index is 12.7. The van der Waals surface area contributed by atoms with Crippen molar-refractivity contribution in [2.24, 2.45) is 11.8 Å². The van der Waals surface area contributed by atoms with Gasteiger partial charge in [-0.1, -0.05) is 0 Å². The molecule has 1 N–H and O–H groups in total. The number of carbonyl (C=O) groups is 2. The van der Waals surface area contributed by atoms with E-state index in [2.05, 4.69) is 32.1 Å². The van der Waals surface area contributed by atoms with E-state index in [0.29, 0.717) is 43.7 Å². The minimum Gasteiger partial charge on any atom is -0.354 e. The zero-order chi connectivity index (χ0) is 18.8. The van der Waals surface area contributed by atoms with Gasteiger partial charge in [-0.25, -0.2) is 0 Å². The van der Waals surface area contributed by atoms with Crippen LogP contribution in [0.15, 0.2) is 18.6 Å². The predicted molar refractivity (Wildman–Crippen MR) is 101 cm³/mol. The molecule has 2 amide bonds. The molecule has 2 bridgehead atoms. The first-order chi connectivity index (χ1) is 13.1. The van der Waals surface area contributed by atoms with Crippen LogP contribution in [0.4, 0.5) is 0 Å². The van der Waals surface area contributed by atoms with E-state index in [-0.39, 0.29) is 17.9 Å². The summed E-state index contributed by atoms with van der Waals surface area (Å²) in [5.74, 6) is 1.34. The number of aromatic nitrogens is 2. The summed E-state index contributed by atoms with van der Waals surface area (Å²) in [6.07, 6.45) is 9.90. The molecule has 7 heteroatoms. The Morgan fingerprint density at radius 1 is 1.30 bits per heavy atom. The molecule has 3 aliphatic rings. The Labute approximate surface area is 160 Å². The summed E-state index contributed by atoms with van der Waals surface area (Å²) in [6, 6.07) is 0.481. The van der Waals surface area contributed by atoms with E-state index in [4.69, 9.17) is 0 Å². The standard InChI is InChI=1S/C20H29N5O2/c1-24-12-14-9-15(13-24)18(25-17(14)3-2-4-20(25)27)11-23-19(26)6-5-16-10-21-7-8-22-16/h7-8,10,14-15,17-18H,2-6,9,11-13H2,1H3,(H,23,26)/t14-,15-,17-,18-/m0/s1. The molecule has 0 radical (unpaired) electrons. The summed E-state index contributed by atoms with van der Waals surface area (Å²) in [5.41, 5.74) is 0.827. The first-order valence-corrected chi connectivity index (χ1v) is 10.1. The van der Waals surface area contributed by atoms with Crippen LogP contribution >= 0.6 is 0 Å². The molecule has 0 aromatic carbocycles. The van der Waals surface area contributed by atoms with Crippen LogP contribution < -0.4 is 5.32 Å². The van der Waals surface area contributed by atoms with Gasteiger partial charge in [-0.3, -0.25) is 19.6 Å². The Kier molecular flexibility index (Phi) is 5.38. The molecule has 4 rings (SSSR count). The fourth-order valence-electron chi connectivity index (χ4n) is 5.28. The van der Waals surface area contributed by atoms with Crippen LogP contribution in [-0.2, 0) is 16.0 Å². The molecular weight excluding hydrogens is 342 g/mol. The molecule has 27 heavy (non-hydrogen) atoms. The lowest BCUT2D eigenvalue weighted by molar-refractivity contribution is -0.152. The average Bonchev–Trinajstić information content (AvgIpc) is 2.67. The summed E-state index contributed by atoms with van der Waals surface area (Å²) < 4.78 is 0. The monoisotopic (exact) mass is 371 g/mol. The lowest BCUT2D eigenvalue weighted by Gasteiger charge is -2.56. The number of hydrogen-bond donors (Lipinski definition) is 1. The Morgan fingerprint density at radius 2 is 2.15 bits per heavy atom. The van der Waals surface area contributed by atoms with Crippen LogP contribution in [0.2, 0.25) is 0 Å². The van der Waals surface area contributed by atoms with Crippen LogP contribution in [0.3, 0.4) is 0 Å². The predicted octanol–water partition coefficient (Wildman–Crippen LogP) is 0.857. The first-order valence-electron chi connectivity index (χ1n) is 10.1. The Bertz CT molecular complexity index is 682. The van der Waals surface area contributed by atoms with Gasteiger partial charge < -0.3 is 15.1 Å². The number of hydrogen-bond acceptors (Lipinski definition) is 5. The smallest absolute Gasteiger partial charge is 0.223 e. The summed E-state index contributed by atoms with van der Waals surface area (Å²) in [4.78, 5) is 37.9. The quantitative estimate of drug-likeness (QED) is 0.830. The van der Waals surface area contributed by atoms with Crippen LogP contribution in [0, 0.1) is 11.8 Å². The highest BCUT2D eigenvalue weighted by molar-refractivity contribution is 5.78. The normalized spacial score (nSPS) is 30.7. The fraction of sp³-hybridized carbons (Fsp3) is 0.700. The van der Waals surface area contributed by atoms with Crippen LogP contribution in [0.25, 0.3) is 0 Å². The van der Waals surface area contributed by atoms with E-state index in [1.165, 1.54) is 6.42 Å². The maximum Gasteiger partial charge on any atom is 0.223 e. The van der Waals surface area contributed by atoms with E-state index in [0.717, 1.165) is 31.6 Å². The Hall–Kier alpha value is -2.02. The molecule has 1 aromatic rings. The van der Waals surface area contributed by atoms with Gasteiger partial charge in [0.25, 0.3) is 0 Å². The Balaban J connectivity index is 1.38. The van der Waals surface area contributed by atoms with E-state index in [1.54, 1.807) is 18.6 Å².